The van der Waals surface area contributed by atoms with Crippen LogP contribution in [0.25, 0.3) is 10.2 Å². The van der Waals surface area contributed by atoms with Gasteiger partial charge in [-0.15, -0.1) is 24.0 Å². The Labute approximate surface area is 209 Å². The summed E-state index contributed by atoms with van der Waals surface area (Å²) in [6.45, 7) is 2.28. The van der Waals surface area contributed by atoms with Gasteiger partial charge >= 0.3 is 0 Å². The van der Waals surface area contributed by atoms with E-state index in [-0.39, 0.29) is 5.92 Å². The number of hydrogen-bond acceptors (Lipinski definition) is 4. The molecule has 4 heteroatoms. The van der Waals surface area contributed by atoms with Crippen molar-refractivity contribution in [3.63, 3.8) is 0 Å². The average molecular weight is 482 g/mol. The van der Waals surface area contributed by atoms with Crippen LogP contribution in [0.1, 0.15) is 101 Å². The van der Waals surface area contributed by atoms with Gasteiger partial charge in [-0.3, -0.25) is 0 Å². The molecule has 0 fully saturated rings. The second kappa shape index (κ2) is 14.5. The normalized spacial score (nSPS) is 12.7. The number of para-hydroxylation sites is 2. The molecule has 1 heterocycles. The van der Waals surface area contributed by atoms with Crippen molar-refractivity contribution in [1.29, 1.82) is 0 Å². The van der Waals surface area contributed by atoms with Crippen molar-refractivity contribution in [2.24, 2.45) is 0 Å². The van der Waals surface area contributed by atoms with E-state index < -0.39 is 0 Å². The lowest BCUT2D eigenvalue weighted by Gasteiger charge is -2.19. The lowest BCUT2D eigenvalue weighted by Crippen LogP contribution is -2.03. The van der Waals surface area contributed by atoms with Crippen LogP contribution in [0.3, 0.4) is 0 Å². The zero-order chi connectivity index (χ0) is 23.3. The Morgan fingerprint density at radius 2 is 1.52 bits per heavy atom. The number of aromatic hydroxyl groups is 1. The number of unbranched alkanes of at least 4 members (excludes halogenated alkanes) is 9. The van der Waals surface area contributed by atoms with Gasteiger partial charge in [0.25, 0.3) is 0 Å². The predicted octanol–water partition coefficient (Wildman–Crippen LogP) is 9.68. The number of rotatable bonds is 15. The molecule has 0 bridgehead atoms. The zero-order valence-electron chi connectivity index (χ0n) is 20.0. The lowest BCUT2D eigenvalue weighted by atomic mass is 9.86. The number of phenols is 1. The predicted molar refractivity (Wildman–Crippen MR) is 147 cm³/mol. The largest absolute Gasteiger partial charge is 0.508 e. The van der Waals surface area contributed by atoms with Crippen molar-refractivity contribution in [1.82, 2.24) is 4.98 Å². The highest BCUT2D eigenvalue weighted by molar-refractivity contribution is 7.82. The van der Waals surface area contributed by atoms with Crippen LogP contribution in [0, 0.1) is 0 Å². The monoisotopic (exact) mass is 481 g/mol. The number of phenolic OH excluding ortho intramolecular Hbond substituents is 1. The van der Waals surface area contributed by atoms with Crippen molar-refractivity contribution in [3.8, 4) is 5.75 Å². The molecule has 0 spiro atoms. The van der Waals surface area contributed by atoms with E-state index in [1.807, 2.05) is 18.2 Å². The zero-order valence-corrected chi connectivity index (χ0v) is 21.7. The van der Waals surface area contributed by atoms with Crippen molar-refractivity contribution < 1.29 is 5.11 Å². The van der Waals surface area contributed by atoms with Gasteiger partial charge in [0.1, 0.15) is 10.1 Å². The van der Waals surface area contributed by atoms with Crippen LogP contribution in [0.15, 0.2) is 59.0 Å². The molecule has 0 aliphatic heterocycles. The molecule has 0 radical (unpaired) electrons. The Morgan fingerprint density at radius 3 is 2.27 bits per heavy atom. The van der Waals surface area contributed by atoms with Crippen LogP contribution in [0.4, 0.5) is 0 Å². The van der Waals surface area contributed by atoms with Gasteiger partial charge in [-0.2, -0.15) is 0 Å². The van der Waals surface area contributed by atoms with Gasteiger partial charge in [0.2, 0.25) is 0 Å². The topological polar surface area (TPSA) is 33.1 Å². The third-order valence-corrected chi connectivity index (χ3v) is 7.58. The maximum Gasteiger partial charge on any atom is 0.148 e. The fourth-order valence-electron chi connectivity index (χ4n) is 4.57. The molecule has 3 rings (SSSR count). The molecule has 3 aromatic rings. The molecule has 1 unspecified atom stereocenters. The molecule has 0 aliphatic carbocycles. The summed E-state index contributed by atoms with van der Waals surface area (Å²) >= 11 is 6.08. The molecule has 33 heavy (non-hydrogen) atoms. The van der Waals surface area contributed by atoms with Crippen LogP contribution >= 0.6 is 24.0 Å². The second-order valence-electron chi connectivity index (χ2n) is 8.97. The number of benzene rings is 2. The summed E-state index contributed by atoms with van der Waals surface area (Å²) in [6, 6.07) is 14.1. The third kappa shape index (κ3) is 8.19. The summed E-state index contributed by atoms with van der Waals surface area (Å²) < 4.78 is 1.94. The van der Waals surface area contributed by atoms with E-state index in [0.29, 0.717) is 5.75 Å². The number of aromatic nitrogens is 1. The number of allylic oxidation sites excluding steroid dienone is 2. The van der Waals surface area contributed by atoms with E-state index in [4.69, 9.17) is 4.98 Å². The van der Waals surface area contributed by atoms with Crippen LogP contribution in [-0.2, 0) is 0 Å². The summed E-state index contributed by atoms with van der Waals surface area (Å²) in [6.07, 6.45) is 20.0. The van der Waals surface area contributed by atoms with Gasteiger partial charge in [0.05, 0.1) is 10.2 Å². The summed E-state index contributed by atoms with van der Waals surface area (Å²) in [5.41, 5.74) is 3.20. The van der Waals surface area contributed by atoms with Crippen molar-refractivity contribution >= 4 is 34.2 Å². The number of thiol groups is 1. The summed E-state index contributed by atoms with van der Waals surface area (Å²) in [4.78, 5) is 4.69. The Bertz CT molecular complexity index is 994. The van der Waals surface area contributed by atoms with Crippen LogP contribution in [0.2, 0.25) is 0 Å². The summed E-state index contributed by atoms with van der Waals surface area (Å²) in [5, 5.41) is 10.6. The fraction of sp³-hybridized carbons (Fsp3) is 0.483. The molecule has 178 valence electrons. The number of fused-ring (bicyclic) bond motifs is 1. The number of nitrogens with zero attached hydrogens (tertiary/aromatic N) is 1. The van der Waals surface area contributed by atoms with E-state index in [1.54, 1.807) is 17.4 Å². The van der Waals surface area contributed by atoms with Crippen molar-refractivity contribution in [3.05, 3.63) is 65.7 Å². The molecule has 0 saturated carbocycles. The van der Waals surface area contributed by atoms with E-state index in [0.717, 1.165) is 39.4 Å². The van der Waals surface area contributed by atoms with E-state index in [1.165, 1.54) is 63.4 Å². The van der Waals surface area contributed by atoms with Crippen molar-refractivity contribution in [2.75, 3.05) is 0 Å². The van der Waals surface area contributed by atoms with Crippen molar-refractivity contribution in [2.45, 2.75) is 94.2 Å². The van der Waals surface area contributed by atoms with E-state index in [9.17, 15) is 5.11 Å². The maximum atomic E-state index is 10.6. The first-order valence-corrected chi connectivity index (χ1v) is 14.0. The number of thiazole rings is 1. The Kier molecular flexibility index (Phi) is 11.3. The second-order valence-corrected chi connectivity index (χ2v) is 10.7. The molecule has 1 atom stereocenters. The summed E-state index contributed by atoms with van der Waals surface area (Å²) in [5.74, 6) is 0.497. The SMILES string of the molecule is CCCCCCCCCCC=CCCCC(c1ccccc1O)c1cccc2sc(S)nc12. The quantitative estimate of drug-likeness (QED) is 0.129. The molecule has 2 aromatic carbocycles. The smallest absolute Gasteiger partial charge is 0.148 e. The first-order chi connectivity index (χ1) is 16.2. The minimum Gasteiger partial charge on any atom is -0.508 e. The highest BCUT2D eigenvalue weighted by Gasteiger charge is 2.20. The standard InChI is InChI=1S/C29H39NOS2/c1-2-3-4-5-6-7-8-9-10-11-12-13-14-18-23(24-19-15-16-21-26(24)31)25-20-17-22-27-28(25)30-29(32)33-27/h11-12,15-17,19-23,31H,2-10,13-14,18H2,1H3,(H,30,32). The van der Waals surface area contributed by atoms with Crippen LogP contribution in [0.5, 0.6) is 5.75 Å². The highest BCUT2D eigenvalue weighted by atomic mass is 32.2. The first kappa shape index (κ1) is 25.8. The van der Waals surface area contributed by atoms with Gasteiger partial charge in [0, 0.05) is 11.5 Å². The van der Waals surface area contributed by atoms with E-state index in [2.05, 4.69) is 49.9 Å². The van der Waals surface area contributed by atoms with Crippen LogP contribution in [-0.4, -0.2) is 10.1 Å². The number of hydrogen-bond donors (Lipinski definition) is 2. The minimum atomic E-state index is 0.130. The molecule has 0 aliphatic rings. The third-order valence-electron chi connectivity index (χ3n) is 6.38. The Hall–Kier alpha value is -1.78. The Morgan fingerprint density at radius 1 is 0.848 bits per heavy atom. The molecule has 2 nitrogen and oxygen atoms in total. The highest BCUT2D eigenvalue weighted by Crippen LogP contribution is 2.39. The molecule has 0 amide bonds. The van der Waals surface area contributed by atoms with Crippen LogP contribution < -0.4 is 0 Å². The van der Waals surface area contributed by atoms with Gasteiger partial charge in [0.15, 0.2) is 0 Å². The minimum absolute atomic E-state index is 0.130. The first-order valence-electron chi connectivity index (χ1n) is 12.7. The Balaban J connectivity index is 1.51. The molecular weight excluding hydrogens is 442 g/mol. The molecule has 0 saturated heterocycles. The van der Waals surface area contributed by atoms with Gasteiger partial charge in [-0.1, -0.05) is 94.4 Å². The molecular formula is C29H39NOS2. The maximum absolute atomic E-state index is 10.6. The fourth-order valence-corrected chi connectivity index (χ4v) is 5.71. The average Bonchev–Trinajstić information content (AvgIpc) is 3.21. The molecule has 1 N–H and O–H groups in total. The van der Waals surface area contributed by atoms with Gasteiger partial charge in [-0.25, -0.2) is 4.98 Å². The van der Waals surface area contributed by atoms with E-state index >= 15 is 0 Å². The molecule has 1 aromatic heterocycles. The van der Waals surface area contributed by atoms with Gasteiger partial charge in [-0.05, 0) is 49.8 Å². The summed E-state index contributed by atoms with van der Waals surface area (Å²) in [7, 11) is 0. The van der Waals surface area contributed by atoms with Gasteiger partial charge < -0.3 is 5.11 Å². The lowest BCUT2D eigenvalue weighted by molar-refractivity contribution is 0.462.